The molecule has 0 aromatic heterocycles. The maximum Gasteiger partial charge on any atom is 0.224 e. The molecule has 1 rings (SSSR count). The van der Waals surface area contributed by atoms with E-state index >= 15 is 0 Å². The Kier molecular flexibility index (Phi) is 5.40. The third kappa shape index (κ3) is 3.96. The average molecular weight is 242 g/mol. The van der Waals surface area contributed by atoms with Gasteiger partial charge in [-0.2, -0.15) is 0 Å². The van der Waals surface area contributed by atoms with Crippen molar-refractivity contribution in [3.8, 4) is 0 Å². The molecule has 1 aliphatic rings. The number of aliphatic hydroxyl groups excluding tert-OH is 1. The monoisotopic (exact) mass is 242 g/mol. The van der Waals surface area contributed by atoms with Crippen LogP contribution in [0.25, 0.3) is 0 Å². The molecular weight excluding hydrogens is 216 g/mol. The largest absolute Gasteiger partial charge is 0.394 e. The van der Waals surface area contributed by atoms with Crippen LogP contribution in [-0.2, 0) is 4.79 Å². The van der Waals surface area contributed by atoms with Crippen LogP contribution < -0.4 is 10.6 Å². The van der Waals surface area contributed by atoms with Crippen molar-refractivity contribution in [3.05, 3.63) is 0 Å². The minimum absolute atomic E-state index is 0.0444. The lowest BCUT2D eigenvalue weighted by Crippen LogP contribution is -2.55. The van der Waals surface area contributed by atoms with E-state index in [4.69, 9.17) is 0 Å². The molecule has 1 fully saturated rings. The highest BCUT2D eigenvalue weighted by Gasteiger charge is 2.35. The van der Waals surface area contributed by atoms with Gasteiger partial charge in [-0.15, -0.1) is 0 Å². The number of hydrogen-bond acceptors (Lipinski definition) is 3. The summed E-state index contributed by atoms with van der Waals surface area (Å²) in [6, 6.07) is 0. The predicted octanol–water partition coefficient (Wildman–Crippen LogP) is 0.899. The van der Waals surface area contributed by atoms with E-state index < -0.39 is 0 Å². The second kappa shape index (κ2) is 6.36. The summed E-state index contributed by atoms with van der Waals surface area (Å²) in [6.45, 7) is 4.86. The number of nitrogens with one attached hydrogen (secondary N) is 2. The van der Waals surface area contributed by atoms with Crippen LogP contribution in [0, 0.1) is 11.8 Å². The van der Waals surface area contributed by atoms with Gasteiger partial charge in [-0.25, -0.2) is 0 Å². The van der Waals surface area contributed by atoms with E-state index in [2.05, 4.69) is 17.6 Å². The Morgan fingerprint density at radius 1 is 1.47 bits per heavy atom. The van der Waals surface area contributed by atoms with Gasteiger partial charge in [0.2, 0.25) is 5.91 Å². The Morgan fingerprint density at radius 3 is 2.53 bits per heavy atom. The van der Waals surface area contributed by atoms with Gasteiger partial charge in [0.15, 0.2) is 0 Å². The summed E-state index contributed by atoms with van der Waals surface area (Å²) < 4.78 is 0. The van der Waals surface area contributed by atoms with Gasteiger partial charge >= 0.3 is 0 Å². The molecule has 0 heterocycles. The highest BCUT2D eigenvalue weighted by Crippen LogP contribution is 2.31. The Morgan fingerprint density at radius 2 is 2.06 bits per heavy atom. The van der Waals surface area contributed by atoms with E-state index in [1.165, 1.54) is 0 Å². The minimum atomic E-state index is -0.369. The topological polar surface area (TPSA) is 61.4 Å². The van der Waals surface area contributed by atoms with Crippen LogP contribution in [0.5, 0.6) is 0 Å². The fourth-order valence-corrected chi connectivity index (χ4v) is 2.42. The molecule has 1 saturated carbocycles. The number of hydrogen-bond donors (Lipinski definition) is 3. The number of amides is 1. The van der Waals surface area contributed by atoms with E-state index in [0.29, 0.717) is 12.5 Å². The first-order valence-corrected chi connectivity index (χ1v) is 6.60. The van der Waals surface area contributed by atoms with Crippen LogP contribution in [0.15, 0.2) is 0 Å². The van der Waals surface area contributed by atoms with Crippen LogP contribution in [0.1, 0.15) is 39.5 Å². The smallest absolute Gasteiger partial charge is 0.224 e. The third-order valence-corrected chi connectivity index (χ3v) is 3.88. The van der Waals surface area contributed by atoms with Crippen LogP contribution in [0.3, 0.4) is 0 Å². The maximum absolute atomic E-state index is 12.0. The van der Waals surface area contributed by atoms with Crippen molar-refractivity contribution in [2.45, 2.75) is 45.1 Å². The highest BCUT2D eigenvalue weighted by molar-refractivity contribution is 5.79. The molecule has 0 bridgehead atoms. The zero-order valence-electron chi connectivity index (χ0n) is 11.3. The number of carbonyl (C=O) groups excluding carboxylic acids is 1. The van der Waals surface area contributed by atoms with Crippen molar-refractivity contribution < 1.29 is 9.90 Å². The Labute approximate surface area is 104 Å². The first-order valence-electron chi connectivity index (χ1n) is 6.60. The molecule has 0 spiro atoms. The van der Waals surface area contributed by atoms with E-state index in [1.54, 1.807) is 0 Å². The summed E-state index contributed by atoms with van der Waals surface area (Å²) in [6.07, 6.45) is 3.95. The molecule has 1 atom stereocenters. The van der Waals surface area contributed by atoms with Crippen molar-refractivity contribution in [1.82, 2.24) is 10.6 Å². The molecule has 0 aromatic carbocycles. The molecule has 0 aliphatic heterocycles. The molecule has 1 aliphatic carbocycles. The van der Waals surface area contributed by atoms with Gasteiger partial charge in [0.1, 0.15) is 0 Å². The minimum Gasteiger partial charge on any atom is -0.394 e. The van der Waals surface area contributed by atoms with Gasteiger partial charge in [0, 0.05) is 12.5 Å². The van der Waals surface area contributed by atoms with Crippen molar-refractivity contribution in [3.63, 3.8) is 0 Å². The standard InChI is InChI=1S/C13H26N2O2/c1-10-4-6-13(9-16,7-5-10)15-12(17)11(2)8-14-3/h10-11,14,16H,4-9H2,1-3H3,(H,15,17). The fourth-order valence-electron chi connectivity index (χ4n) is 2.42. The van der Waals surface area contributed by atoms with Gasteiger partial charge in [0.05, 0.1) is 12.1 Å². The molecule has 4 heteroatoms. The SMILES string of the molecule is CNCC(C)C(=O)NC1(CO)CCC(C)CC1. The lowest BCUT2D eigenvalue weighted by Gasteiger charge is -2.39. The number of aliphatic hydroxyl groups is 1. The van der Waals surface area contributed by atoms with Gasteiger partial charge in [0.25, 0.3) is 0 Å². The number of carbonyl (C=O) groups is 1. The molecule has 0 saturated heterocycles. The van der Waals surface area contributed by atoms with Crippen LogP contribution >= 0.6 is 0 Å². The molecule has 0 aromatic rings. The Hall–Kier alpha value is -0.610. The summed E-state index contributed by atoms with van der Waals surface area (Å²) >= 11 is 0. The summed E-state index contributed by atoms with van der Waals surface area (Å²) in [7, 11) is 1.84. The van der Waals surface area contributed by atoms with Gasteiger partial charge < -0.3 is 15.7 Å². The lowest BCUT2D eigenvalue weighted by molar-refractivity contribution is -0.127. The van der Waals surface area contributed by atoms with Crippen LogP contribution in [-0.4, -0.2) is 36.8 Å². The first-order chi connectivity index (χ1) is 8.03. The van der Waals surface area contributed by atoms with Crippen molar-refractivity contribution >= 4 is 5.91 Å². The summed E-state index contributed by atoms with van der Waals surface area (Å²) in [5.74, 6) is 0.701. The lowest BCUT2D eigenvalue weighted by atomic mass is 9.77. The maximum atomic E-state index is 12.0. The van der Waals surface area contributed by atoms with E-state index in [-0.39, 0.29) is 24.0 Å². The molecule has 1 unspecified atom stereocenters. The summed E-state index contributed by atoms with van der Waals surface area (Å²) in [5.41, 5.74) is -0.369. The third-order valence-electron chi connectivity index (χ3n) is 3.88. The molecule has 0 radical (unpaired) electrons. The average Bonchev–Trinajstić information content (AvgIpc) is 2.33. The van der Waals surface area contributed by atoms with Crippen molar-refractivity contribution in [1.29, 1.82) is 0 Å². The van der Waals surface area contributed by atoms with Crippen LogP contribution in [0.4, 0.5) is 0 Å². The highest BCUT2D eigenvalue weighted by atomic mass is 16.3. The second-order valence-electron chi connectivity index (χ2n) is 5.57. The molecule has 100 valence electrons. The van der Waals surface area contributed by atoms with Crippen molar-refractivity contribution in [2.75, 3.05) is 20.2 Å². The second-order valence-corrected chi connectivity index (χ2v) is 5.57. The van der Waals surface area contributed by atoms with Gasteiger partial charge in [-0.3, -0.25) is 4.79 Å². The van der Waals surface area contributed by atoms with Gasteiger partial charge in [-0.05, 0) is 38.6 Å². The molecular formula is C13H26N2O2. The summed E-state index contributed by atoms with van der Waals surface area (Å²) in [5, 5.41) is 15.6. The summed E-state index contributed by atoms with van der Waals surface area (Å²) in [4.78, 5) is 12.0. The first kappa shape index (κ1) is 14.5. The van der Waals surface area contributed by atoms with E-state index in [9.17, 15) is 9.90 Å². The van der Waals surface area contributed by atoms with Crippen LogP contribution in [0.2, 0.25) is 0 Å². The predicted molar refractivity (Wildman–Crippen MR) is 68.7 cm³/mol. The fraction of sp³-hybridized carbons (Fsp3) is 0.923. The van der Waals surface area contributed by atoms with E-state index in [0.717, 1.165) is 25.7 Å². The Bertz CT molecular complexity index is 248. The molecule has 4 nitrogen and oxygen atoms in total. The molecule has 3 N–H and O–H groups in total. The molecule has 17 heavy (non-hydrogen) atoms. The zero-order chi connectivity index (χ0) is 12.9. The molecule has 1 amide bonds. The zero-order valence-corrected chi connectivity index (χ0v) is 11.3. The Balaban J connectivity index is 2.54. The van der Waals surface area contributed by atoms with E-state index in [1.807, 2.05) is 14.0 Å². The number of rotatable bonds is 5. The van der Waals surface area contributed by atoms with Crippen molar-refractivity contribution in [2.24, 2.45) is 11.8 Å². The normalized spacial score (nSPS) is 30.9. The van der Waals surface area contributed by atoms with Gasteiger partial charge in [-0.1, -0.05) is 13.8 Å². The quantitative estimate of drug-likeness (QED) is 0.671.